The molecule has 0 aliphatic carbocycles. The van der Waals surface area contributed by atoms with E-state index in [1.807, 2.05) is 0 Å². The number of hydrogen-bond acceptors (Lipinski definition) is 1. The molecule has 30 valence electrons. The van der Waals surface area contributed by atoms with Crippen LogP contribution < -0.4 is 0 Å². The summed E-state index contributed by atoms with van der Waals surface area (Å²) in [5, 5.41) is 0. The summed E-state index contributed by atoms with van der Waals surface area (Å²) in [6.45, 7) is 1.80. The van der Waals surface area contributed by atoms with E-state index in [0.717, 1.165) is 15.9 Å². The van der Waals surface area contributed by atoms with Crippen LogP contribution in [0.25, 0.3) is 0 Å². The van der Waals surface area contributed by atoms with Crippen LogP contribution in [0, 0.1) is 0 Å². The molecule has 0 heterocycles. The molecule has 0 rings (SSSR count). The predicted molar refractivity (Wildman–Crippen MR) is 27.1 cm³/mol. The predicted octanol–water partition coefficient (Wildman–Crippen LogP) is -0.639. The minimum absolute atomic E-state index is 0.991. The van der Waals surface area contributed by atoms with Crippen molar-refractivity contribution >= 4 is 18.9 Å². The third-order valence-electron chi connectivity index (χ3n) is 0.498. The third kappa shape index (κ3) is 4.23. The van der Waals surface area contributed by atoms with Gasteiger partial charge in [-0.15, -0.1) is 0 Å². The molecule has 0 aromatic rings. The highest BCUT2D eigenvalue weighted by Crippen LogP contribution is 1.65. The quantitative estimate of drug-likeness (QED) is 0.404. The highest BCUT2D eigenvalue weighted by Gasteiger charge is 1.82. The van der Waals surface area contributed by atoms with Crippen LogP contribution in [0.4, 0.5) is 0 Å². The van der Waals surface area contributed by atoms with Gasteiger partial charge in [0.15, 0.2) is 0 Å². The van der Waals surface area contributed by atoms with Crippen LogP contribution in [0.5, 0.6) is 0 Å². The number of rotatable bonds is 1. The van der Waals surface area contributed by atoms with E-state index in [2.05, 4.69) is 0 Å². The fraction of sp³-hybridized carbons (Fsp3) is 1.00. The fourth-order valence-corrected chi connectivity index (χ4v) is 0. The molecule has 0 aromatic heterocycles. The van der Waals surface area contributed by atoms with Crippen LogP contribution in [-0.4, -0.2) is 18.9 Å². The highest BCUT2D eigenvalue weighted by atomic mass is 28.3. The summed E-state index contributed by atoms with van der Waals surface area (Å²) < 4.78 is 10.0. The van der Waals surface area contributed by atoms with Crippen molar-refractivity contribution in [1.29, 1.82) is 0 Å². The van der Waals surface area contributed by atoms with E-state index in [-0.39, 0.29) is 0 Å². The smallest absolute Gasteiger partial charge is 0.269 e. The van der Waals surface area contributed by atoms with Crippen LogP contribution >= 0.6 is 0 Å². The molecule has 0 atom stereocenters. The lowest BCUT2D eigenvalue weighted by molar-refractivity contribution is 0.568. The van der Waals surface area contributed by atoms with Gasteiger partial charge in [0.05, 0.1) is 0 Å². The van der Waals surface area contributed by atoms with Gasteiger partial charge < -0.3 is 4.46 Å². The molecule has 5 heavy (non-hydrogen) atoms. The maximum atomic E-state index is 10.0. The summed E-state index contributed by atoms with van der Waals surface area (Å²) in [7, 11) is 0.0440. The highest BCUT2D eigenvalue weighted by molar-refractivity contribution is 6.51. The Morgan fingerprint density at radius 2 is 2.20 bits per heavy atom. The Labute approximate surface area is 36.5 Å². The monoisotopic (exact) mass is 104 g/mol. The van der Waals surface area contributed by atoms with Crippen LogP contribution in [0.2, 0.25) is 12.2 Å². The Balaban J connectivity index is 2.85. The van der Waals surface area contributed by atoms with Gasteiger partial charge in [0.2, 0.25) is 0 Å². The molecule has 0 amide bonds. The molecule has 0 spiro atoms. The van der Waals surface area contributed by atoms with Gasteiger partial charge in [0, 0.05) is 10.2 Å². The molecular formula is C2H8OSi2. The van der Waals surface area contributed by atoms with Crippen molar-refractivity contribution in [2.24, 2.45) is 0 Å². The van der Waals surface area contributed by atoms with Crippen molar-refractivity contribution in [3.8, 4) is 0 Å². The van der Waals surface area contributed by atoms with Crippen molar-refractivity contribution in [1.82, 2.24) is 0 Å². The minimum atomic E-state index is -1.06. The van der Waals surface area contributed by atoms with E-state index in [1.54, 1.807) is 6.55 Å². The van der Waals surface area contributed by atoms with Gasteiger partial charge in [0.1, 0.15) is 0 Å². The molecule has 0 saturated carbocycles. The second-order valence-electron chi connectivity index (χ2n) is 1.06. The molecule has 0 N–H and O–H groups in total. The van der Waals surface area contributed by atoms with Gasteiger partial charge in [-0.1, -0.05) is 0 Å². The average Bonchev–Trinajstić information content (AvgIpc) is 1.38. The van der Waals surface area contributed by atoms with Crippen LogP contribution in [0.1, 0.15) is 0 Å². The van der Waals surface area contributed by atoms with Crippen molar-refractivity contribution in [2.75, 3.05) is 0 Å². The first-order chi connectivity index (χ1) is 2.27. The van der Waals surface area contributed by atoms with Crippen molar-refractivity contribution < 1.29 is 4.46 Å². The molecule has 0 aromatic carbocycles. The van der Waals surface area contributed by atoms with E-state index in [1.165, 1.54) is 0 Å². The Morgan fingerprint density at radius 1 is 2.00 bits per heavy atom. The maximum absolute atomic E-state index is 10.0. The maximum Gasteiger partial charge on any atom is 0.269 e. The standard InChI is InChI=1S/C2H8OSi2/c1-5(3)2-4/h2H2,1,4H3. The molecule has 1 nitrogen and oxygen atoms in total. The summed E-state index contributed by atoms with van der Waals surface area (Å²) >= 11 is 0. The van der Waals surface area contributed by atoms with E-state index in [0.29, 0.717) is 0 Å². The van der Waals surface area contributed by atoms with Gasteiger partial charge in [-0.25, -0.2) is 0 Å². The average molecular weight is 104 g/mol. The zero-order valence-electron chi connectivity index (χ0n) is 3.62. The topological polar surface area (TPSA) is 17.1 Å². The van der Waals surface area contributed by atoms with Gasteiger partial charge in [-0.2, -0.15) is 0 Å². The second-order valence-corrected chi connectivity index (χ2v) is 5.29. The van der Waals surface area contributed by atoms with Crippen molar-refractivity contribution in [3.05, 3.63) is 0 Å². The minimum Gasteiger partial charge on any atom is -0.389 e. The molecule has 0 aliphatic rings. The van der Waals surface area contributed by atoms with Crippen LogP contribution in [-0.2, 0) is 4.46 Å². The molecule has 0 bridgehead atoms. The molecule has 0 radical (unpaired) electrons. The summed E-state index contributed by atoms with van der Waals surface area (Å²) in [6.07, 6.45) is 0. The van der Waals surface area contributed by atoms with Crippen LogP contribution in [0.3, 0.4) is 0 Å². The van der Waals surface area contributed by atoms with Gasteiger partial charge in [-0.3, -0.25) is 0 Å². The molecule has 0 aliphatic heterocycles. The Morgan fingerprint density at radius 3 is 2.20 bits per heavy atom. The molecule has 0 fully saturated rings. The lowest BCUT2D eigenvalue weighted by atomic mass is 11.8. The number of hydrogen-bond donors (Lipinski definition) is 0. The summed E-state index contributed by atoms with van der Waals surface area (Å²) in [5.41, 5.74) is 0.991. The van der Waals surface area contributed by atoms with E-state index in [9.17, 15) is 4.46 Å². The normalized spacial score (nSPS) is 8.20. The van der Waals surface area contributed by atoms with Gasteiger partial charge in [0.25, 0.3) is 8.68 Å². The first-order valence-corrected chi connectivity index (χ1v) is 5.29. The third-order valence-corrected chi connectivity index (χ3v) is 4.48. The van der Waals surface area contributed by atoms with E-state index >= 15 is 0 Å². The molecular weight excluding hydrogens is 96.2 g/mol. The fourth-order valence-electron chi connectivity index (χ4n) is 0. The largest absolute Gasteiger partial charge is 0.389 e. The summed E-state index contributed by atoms with van der Waals surface area (Å²) in [4.78, 5) is 0. The molecule has 0 unspecified atom stereocenters. The lowest BCUT2D eigenvalue weighted by Gasteiger charge is -1.67. The summed E-state index contributed by atoms with van der Waals surface area (Å²) in [6, 6.07) is 0. The van der Waals surface area contributed by atoms with E-state index < -0.39 is 8.68 Å². The lowest BCUT2D eigenvalue weighted by Crippen LogP contribution is -1.86. The molecule has 0 saturated heterocycles. The first kappa shape index (κ1) is 5.23. The SMILES string of the molecule is C[Si](=O)C[SiH3]. The summed E-state index contributed by atoms with van der Waals surface area (Å²) in [5.74, 6) is 0. The Bertz CT molecular complexity index is 42.9. The second kappa shape index (κ2) is 2.47. The van der Waals surface area contributed by atoms with Crippen molar-refractivity contribution in [2.45, 2.75) is 12.2 Å². The van der Waals surface area contributed by atoms with E-state index in [4.69, 9.17) is 0 Å². The van der Waals surface area contributed by atoms with Gasteiger partial charge >= 0.3 is 0 Å². The Kier molecular flexibility index (Phi) is 2.59. The van der Waals surface area contributed by atoms with Crippen molar-refractivity contribution in [3.63, 3.8) is 0 Å². The first-order valence-electron chi connectivity index (χ1n) is 1.76. The zero-order chi connectivity index (χ0) is 4.28. The Hall–Kier alpha value is 0.234. The zero-order valence-corrected chi connectivity index (χ0v) is 6.62. The molecule has 3 heteroatoms. The van der Waals surface area contributed by atoms with Crippen LogP contribution in [0.15, 0.2) is 0 Å². The van der Waals surface area contributed by atoms with Gasteiger partial charge in [-0.05, 0) is 12.2 Å².